The quantitative estimate of drug-likeness (QED) is 0.738. The van der Waals surface area contributed by atoms with Gasteiger partial charge < -0.3 is 14.8 Å². The van der Waals surface area contributed by atoms with Crippen LogP contribution in [-0.4, -0.2) is 55.0 Å². The van der Waals surface area contributed by atoms with Crippen molar-refractivity contribution in [3.05, 3.63) is 59.4 Å². The van der Waals surface area contributed by atoms with E-state index < -0.39 is 0 Å². The summed E-state index contributed by atoms with van der Waals surface area (Å²) < 4.78 is 4.08. The normalized spacial score (nSPS) is 17.3. The Morgan fingerprint density at radius 1 is 1.07 bits per heavy atom. The van der Waals surface area contributed by atoms with Crippen LogP contribution in [0.15, 0.2) is 36.5 Å². The van der Waals surface area contributed by atoms with Crippen molar-refractivity contribution in [1.29, 1.82) is 0 Å². The van der Waals surface area contributed by atoms with E-state index in [1.54, 1.807) is 0 Å². The Hall–Kier alpha value is -3.00. The number of likely N-dealkylation sites (tertiary alicyclic amines) is 1. The van der Waals surface area contributed by atoms with E-state index in [-0.39, 0.29) is 5.91 Å². The van der Waals surface area contributed by atoms with Gasteiger partial charge in [-0.3, -0.25) is 4.79 Å². The zero-order chi connectivity index (χ0) is 19.8. The van der Waals surface area contributed by atoms with Crippen LogP contribution in [-0.2, 0) is 13.1 Å². The molecule has 150 valence electrons. The third kappa shape index (κ3) is 3.44. The average molecular weight is 391 g/mol. The molecule has 0 bridgehead atoms. The maximum atomic E-state index is 12.9. The second-order valence-electron chi connectivity index (χ2n) is 7.82. The minimum Gasteiger partial charge on any atom is -0.339 e. The predicted octanol–water partition coefficient (Wildman–Crippen LogP) is 1.90. The summed E-state index contributed by atoms with van der Waals surface area (Å²) in [4.78, 5) is 14.9. The molecule has 1 amide bonds. The van der Waals surface area contributed by atoms with E-state index >= 15 is 0 Å². The first-order valence-electron chi connectivity index (χ1n) is 10.2. The Bertz CT molecular complexity index is 1010. The van der Waals surface area contributed by atoms with Crippen LogP contribution in [0.1, 0.15) is 46.5 Å². The number of nitrogens with one attached hydrogen (secondary N) is 1. The molecule has 1 fully saturated rings. The first-order chi connectivity index (χ1) is 14.2. The lowest BCUT2D eigenvalue weighted by Crippen LogP contribution is -2.38. The monoisotopic (exact) mass is 391 g/mol. The molecular weight excluding hydrogens is 366 g/mol. The summed E-state index contributed by atoms with van der Waals surface area (Å²) in [5.41, 5.74) is 2.65. The van der Waals surface area contributed by atoms with E-state index in [1.807, 2.05) is 53.0 Å². The number of nitrogens with zero attached hydrogens (tertiary/aromatic N) is 6. The molecule has 0 radical (unpaired) electrons. The molecule has 0 unspecified atom stereocenters. The maximum Gasteiger partial charge on any atom is 0.253 e. The van der Waals surface area contributed by atoms with Crippen LogP contribution in [0.4, 0.5) is 0 Å². The summed E-state index contributed by atoms with van der Waals surface area (Å²) in [7, 11) is 0. The number of piperidine rings is 1. The lowest BCUT2D eigenvalue weighted by molar-refractivity contribution is 0.0710. The number of hydrogen-bond donors (Lipinski definition) is 1. The molecule has 29 heavy (non-hydrogen) atoms. The smallest absolute Gasteiger partial charge is 0.253 e. The van der Waals surface area contributed by atoms with Crippen molar-refractivity contribution < 1.29 is 4.79 Å². The summed E-state index contributed by atoms with van der Waals surface area (Å²) in [6.07, 6.45) is 3.79. The average Bonchev–Trinajstić information content (AvgIpc) is 3.40. The Morgan fingerprint density at radius 2 is 1.86 bits per heavy atom. The molecular formula is C21H25N7O. The Balaban J connectivity index is 1.24. The topological polar surface area (TPSA) is 80.9 Å². The summed E-state index contributed by atoms with van der Waals surface area (Å²) in [5, 5.41) is 16.5. The van der Waals surface area contributed by atoms with E-state index in [4.69, 9.17) is 0 Å². The number of carbonyl (C=O) groups excluding carboxylic acids is 1. The van der Waals surface area contributed by atoms with Gasteiger partial charge in [0.15, 0.2) is 0 Å². The van der Waals surface area contributed by atoms with Gasteiger partial charge in [0.05, 0.1) is 17.9 Å². The van der Waals surface area contributed by atoms with E-state index in [0.717, 1.165) is 74.2 Å². The first-order valence-corrected chi connectivity index (χ1v) is 10.2. The van der Waals surface area contributed by atoms with Crippen molar-refractivity contribution in [3.8, 4) is 5.69 Å². The van der Waals surface area contributed by atoms with Crippen molar-refractivity contribution in [2.24, 2.45) is 0 Å². The highest BCUT2D eigenvalue weighted by Crippen LogP contribution is 2.28. The lowest BCUT2D eigenvalue weighted by atomic mass is 9.95. The molecule has 2 aromatic heterocycles. The molecule has 3 aromatic rings. The molecule has 1 saturated heterocycles. The van der Waals surface area contributed by atoms with Crippen LogP contribution >= 0.6 is 0 Å². The molecule has 8 nitrogen and oxygen atoms in total. The zero-order valence-electron chi connectivity index (χ0n) is 16.6. The van der Waals surface area contributed by atoms with Gasteiger partial charge >= 0.3 is 0 Å². The molecule has 5 rings (SSSR count). The van der Waals surface area contributed by atoms with E-state index in [9.17, 15) is 4.79 Å². The number of fused-ring (bicyclic) bond motifs is 1. The standard InChI is InChI=1S/C21H25N7O/c1-15-6-12-28(25-15)18-4-2-17(3-5-18)21(29)26-10-7-16(8-11-26)20-24-23-19-14-22-9-13-27(19)20/h2-6,12,16,22H,7-11,13-14H2,1H3. The van der Waals surface area contributed by atoms with E-state index in [0.29, 0.717) is 5.92 Å². The number of benzene rings is 1. The van der Waals surface area contributed by atoms with Crippen LogP contribution in [0.3, 0.4) is 0 Å². The fourth-order valence-corrected chi connectivity index (χ4v) is 4.26. The second kappa shape index (κ2) is 7.44. The van der Waals surface area contributed by atoms with E-state index in [1.165, 1.54) is 0 Å². The summed E-state index contributed by atoms with van der Waals surface area (Å²) in [5.74, 6) is 2.59. The van der Waals surface area contributed by atoms with Gasteiger partial charge in [-0.2, -0.15) is 5.10 Å². The van der Waals surface area contributed by atoms with E-state index in [2.05, 4.69) is 25.2 Å². The minimum atomic E-state index is 0.0964. The summed E-state index contributed by atoms with van der Waals surface area (Å²) in [6.45, 7) is 6.15. The molecule has 0 saturated carbocycles. The lowest BCUT2D eigenvalue weighted by Gasteiger charge is -2.32. The fraction of sp³-hybridized carbons (Fsp3) is 0.429. The highest BCUT2D eigenvalue weighted by Gasteiger charge is 2.29. The van der Waals surface area contributed by atoms with Gasteiger partial charge in [0.1, 0.15) is 11.6 Å². The van der Waals surface area contributed by atoms with Crippen molar-refractivity contribution in [2.45, 2.75) is 38.8 Å². The Kier molecular flexibility index (Phi) is 4.63. The van der Waals surface area contributed by atoms with Crippen molar-refractivity contribution in [2.75, 3.05) is 19.6 Å². The SMILES string of the molecule is Cc1ccn(-c2ccc(C(=O)N3CCC(c4nnc5n4CCNC5)CC3)cc2)n1. The van der Waals surface area contributed by atoms with Crippen LogP contribution in [0.25, 0.3) is 5.69 Å². The molecule has 1 N–H and O–H groups in total. The molecule has 0 spiro atoms. The Labute approximate surface area is 169 Å². The third-order valence-electron chi connectivity index (χ3n) is 5.90. The molecule has 0 aliphatic carbocycles. The van der Waals surface area contributed by atoms with Gasteiger partial charge in [-0.15, -0.1) is 10.2 Å². The molecule has 8 heteroatoms. The summed E-state index contributed by atoms with van der Waals surface area (Å²) >= 11 is 0. The molecule has 0 atom stereocenters. The molecule has 4 heterocycles. The van der Waals surface area contributed by atoms with Gasteiger partial charge in [-0.05, 0) is 50.1 Å². The number of aromatic nitrogens is 5. The number of carbonyl (C=O) groups is 1. The zero-order valence-corrected chi connectivity index (χ0v) is 16.6. The number of amides is 1. The highest BCUT2D eigenvalue weighted by molar-refractivity contribution is 5.94. The van der Waals surface area contributed by atoms with Gasteiger partial charge in [0, 0.05) is 43.9 Å². The van der Waals surface area contributed by atoms with Crippen molar-refractivity contribution >= 4 is 5.91 Å². The van der Waals surface area contributed by atoms with Crippen LogP contribution in [0, 0.1) is 6.92 Å². The van der Waals surface area contributed by atoms with Gasteiger partial charge in [-0.25, -0.2) is 4.68 Å². The minimum absolute atomic E-state index is 0.0964. The molecule has 2 aliphatic rings. The van der Waals surface area contributed by atoms with Gasteiger partial charge in [0.25, 0.3) is 5.91 Å². The molecule has 2 aliphatic heterocycles. The van der Waals surface area contributed by atoms with Crippen molar-refractivity contribution in [1.82, 2.24) is 34.8 Å². The van der Waals surface area contributed by atoms with Crippen LogP contribution < -0.4 is 5.32 Å². The first kappa shape index (κ1) is 18.1. The van der Waals surface area contributed by atoms with Crippen LogP contribution in [0.5, 0.6) is 0 Å². The largest absolute Gasteiger partial charge is 0.339 e. The number of aryl methyl sites for hydroxylation is 1. The summed E-state index contributed by atoms with van der Waals surface area (Å²) in [6, 6.07) is 9.64. The van der Waals surface area contributed by atoms with Gasteiger partial charge in [0.2, 0.25) is 0 Å². The van der Waals surface area contributed by atoms with Crippen molar-refractivity contribution in [3.63, 3.8) is 0 Å². The predicted molar refractivity (Wildman–Crippen MR) is 108 cm³/mol. The highest BCUT2D eigenvalue weighted by atomic mass is 16.2. The number of rotatable bonds is 3. The fourth-order valence-electron chi connectivity index (χ4n) is 4.26. The number of hydrogen-bond acceptors (Lipinski definition) is 5. The second-order valence-corrected chi connectivity index (χ2v) is 7.82. The third-order valence-corrected chi connectivity index (χ3v) is 5.90. The Morgan fingerprint density at radius 3 is 2.59 bits per heavy atom. The molecule has 1 aromatic carbocycles. The maximum absolute atomic E-state index is 12.9. The van der Waals surface area contributed by atoms with Gasteiger partial charge in [-0.1, -0.05) is 0 Å². The van der Waals surface area contributed by atoms with Crippen LogP contribution in [0.2, 0.25) is 0 Å².